The summed E-state index contributed by atoms with van der Waals surface area (Å²) >= 11 is 14.4. The fourth-order valence-electron chi connectivity index (χ4n) is 15.8. The smallest absolute Gasteiger partial charge is 0.508 e. The highest BCUT2D eigenvalue weighted by Crippen LogP contribution is 2.50. The number of aromatic hydroxyl groups is 3. The Morgan fingerprint density at radius 1 is 0.720 bits per heavy atom. The summed E-state index contributed by atoms with van der Waals surface area (Å²) in [5.74, 6) is -16.8. The zero-order valence-corrected chi connectivity index (χ0v) is 73.2. The Labute approximate surface area is 760 Å². The number of likely N-dealkylation sites (N-methyl/N-ethyl adjacent to an activating group) is 1. The normalized spacial score (nSPS) is 26.3. The standard InChI is InChI=1S/C83H99Cl2F3N14O29S/c1-35(2)24-49(91-5)73(113)99-64-66(108)38-7-14-53(47(84)26-38)126-55-28-40-29-56(70(55)130-80-71(69(111)68(110)57(34-103)128-80)129-59-33-82(4,72(112)36(3)125-59)92-18-22-123-43-16-20-102(21-17-43)81(120)94-41-9-11-44(12-10-41)131-83(86,87)88)127-54-15-8-39(27-48(54)85)67(109)65-78(118)98-63(79(119)101-124-23-19-93-132(90,121)122)46-30-42(104)31-52(106)60(46)45-25-37(6-13-51(45)105)61(75(115)100-65)97-76(116)62(40)96-74(114)50(32-58(89)107)95-77(64)117/h6-15,25-31,35-36,43,49-50,57,59,61-69,71-72,80,91-93,103-106,108-112H,16-24,32-34H2,1-5H3,(H2,89,107)(H,94,120)(H,95,117)(H,96,114)(H,97,116)(H,98,118)(H,99,113)(H,100,115)(H,101,119)(H2,90,121,122)/t36-,49+,50-,57+,59-,61+,62+,63+,64+,65-,66+,67+,68+,69-,71+,72+,80-,82-/m0/s1. The molecule has 0 saturated carbocycles. The number of aliphatic hydroxyl groups excluding tert-OH is 6. The second kappa shape index (κ2) is 42.3. The number of nitrogens with two attached hydrogens (primary N) is 2. The van der Waals surface area contributed by atoms with E-state index in [-0.39, 0.29) is 67.9 Å². The number of hydrogen-bond donors (Lipinski definition) is 22. The van der Waals surface area contributed by atoms with Crippen LogP contribution in [-0.4, -0.2) is 257 Å². The van der Waals surface area contributed by atoms with E-state index in [2.05, 4.69) is 52.6 Å². The number of amides is 10. The number of fused-ring (bicyclic) bond motifs is 15. The highest BCUT2D eigenvalue weighted by atomic mass is 35.5. The van der Waals surface area contributed by atoms with Gasteiger partial charge in [0.2, 0.25) is 53.4 Å². The number of ether oxygens (including phenoxy) is 8. The second-order valence-corrected chi connectivity index (χ2v) is 34.7. The van der Waals surface area contributed by atoms with Gasteiger partial charge in [-0.1, -0.05) is 55.2 Å². The first-order valence-electron chi connectivity index (χ1n) is 41.3. The van der Waals surface area contributed by atoms with Crippen molar-refractivity contribution < 1.29 is 153 Å². The van der Waals surface area contributed by atoms with Crippen molar-refractivity contribution in [2.75, 3.05) is 58.4 Å². The average molecular weight is 1920 g/mol. The number of aliphatic hydroxyl groups is 6. The van der Waals surface area contributed by atoms with Crippen molar-refractivity contribution in [3.8, 4) is 62.9 Å². The van der Waals surface area contributed by atoms with Crippen LogP contribution in [0.15, 0.2) is 103 Å². The minimum Gasteiger partial charge on any atom is -0.508 e. The quantitative estimate of drug-likeness (QED) is 0.0282. The minimum atomic E-state index is -4.91. The predicted molar refractivity (Wildman–Crippen MR) is 453 cm³/mol. The van der Waals surface area contributed by atoms with Crippen LogP contribution in [0.2, 0.25) is 10.0 Å². The van der Waals surface area contributed by atoms with Crippen molar-refractivity contribution in [1.82, 2.24) is 57.6 Å². The summed E-state index contributed by atoms with van der Waals surface area (Å²) in [6, 6.07) is 2.67. The van der Waals surface area contributed by atoms with Gasteiger partial charge in [0.15, 0.2) is 23.9 Å². The summed E-state index contributed by atoms with van der Waals surface area (Å²) in [5.41, 5.74) is 3.52. The molecule has 6 aromatic rings. The number of benzene rings is 6. The van der Waals surface area contributed by atoms with E-state index in [0.717, 1.165) is 84.9 Å². The minimum absolute atomic E-state index is 0.0437. The fraction of sp³-hybridized carbons (Fsp3) is 0.458. The Hall–Kier alpha value is -11.3. The van der Waals surface area contributed by atoms with Crippen molar-refractivity contribution in [3.05, 3.63) is 141 Å². The molecule has 716 valence electrons. The molecular formula is C83H99Cl2F3N14O29S. The maximum atomic E-state index is 16.4. The fourth-order valence-corrected chi connectivity index (χ4v) is 16.6. The SMILES string of the molecule is CN[C@H](CC(C)C)C(=O)N[C@H]1C(=O)N[C@@H](CC(N)=O)C(=O)N[C@H]2C(=O)N[C@H]3C(=O)N[C@H](C(=O)N[C@@H](C(=O)NOCCNS(N)(=O)=O)c4cc(O)cc(O)c4-c4cc3ccc4O)[C@H](O)c3ccc(c(Cl)c3)Oc3cc2cc(c3O[C@@H]2O[C@H](CO)[C@@H](O)[C@H](O)[C@H]2O[C@H]2C[C@](C)(NCCOC3CCN(C(=O)Nc4ccc(OC(F)(F)F)cc4)CC3)[C@H](O)[C@H](C)O2)Oc2ccc(cc2Cl)[C@H]1O. The maximum absolute atomic E-state index is 16.4. The van der Waals surface area contributed by atoms with E-state index in [1.54, 1.807) is 20.8 Å². The molecule has 24 N–H and O–H groups in total. The molecule has 132 heavy (non-hydrogen) atoms. The molecule has 0 spiro atoms. The zero-order chi connectivity index (χ0) is 95.9. The Morgan fingerprint density at radius 3 is 1.96 bits per heavy atom. The molecule has 43 nitrogen and oxygen atoms in total. The van der Waals surface area contributed by atoms with Gasteiger partial charge in [0.05, 0.1) is 60.6 Å². The molecule has 0 unspecified atom stereocenters. The van der Waals surface area contributed by atoms with Crippen LogP contribution < -0.4 is 87.9 Å². The number of hydroxylamine groups is 1. The van der Waals surface area contributed by atoms with E-state index >= 15 is 24.0 Å². The first-order valence-corrected chi connectivity index (χ1v) is 43.6. The molecular weight excluding hydrogens is 1820 g/mol. The lowest BCUT2D eigenvalue weighted by molar-refractivity contribution is -0.334. The Kier molecular flexibility index (Phi) is 31.9. The third kappa shape index (κ3) is 24.2. The Bertz CT molecular complexity index is 5410. The molecule has 0 aliphatic carbocycles. The molecule has 0 radical (unpaired) electrons. The first-order chi connectivity index (χ1) is 62.4. The highest BCUT2D eigenvalue weighted by Gasteiger charge is 2.53. The summed E-state index contributed by atoms with van der Waals surface area (Å²) in [6.45, 7) is 5.09. The second-order valence-electron chi connectivity index (χ2n) is 32.5. The number of likely N-dealkylation sites (tertiary alicyclic amines) is 1. The van der Waals surface area contributed by atoms with Crippen LogP contribution in [0.1, 0.15) is 118 Å². The lowest BCUT2D eigenvalue weighted by Gasteiger charge is -2.48. The van der Waals surface area contributed by atoms with E-state index < -0.39 is 295 Å². The van der Waals surface area contributed by atoms with Crippen LogP contribution in [0.4, 0.5) is 23.7 Å². The van der Waals surface area contributed by atoms with Gasteiger partial charge in [0.1, 0.15) is 101 Å². The number of carbonyl (C=O) groups is 9. The average Bonchev–Trinajstić information content (AvgIpc) is 0.764. The van der Waals surface area contributed by atoms with E-state index in [1.165, 1.54) is 37.1 Å². The third-order valence-electron chi connectivity index (χ3n) is 22.5. The van der Waals surface area contributed by atoms with E-state index in [4.69, 9.17) is 72.1 Å². The van der Waals surface area contributed by atoms with Crippen molar-refractivity contribution in [3.63, 3.8) is 0 Å². The van der Waals surface area contributed by atoms with Crippen LogP contribution in [0.5, 0.6) is 51.7 Å². The van der Waals surface area contributed by atoms with Gasteiger partial charge in [0.25, 0.3) is 16.1 Å². The predicted octanol–water partition coefficient (Wildman–Crippen LogP) is 1.11. The van der Waals surface area contributed by atoms with Crippen molar-refractivity contribution in [2.45, 2.75) is 182 Å². The van der Waals surface area contributed by atoms with Gasteiger partial charge in [-0.2, -0.15) is 8.42 Å². The number of phenolic OH excluding ortho intramolecular Hbond substituents is 3. The van der Waals surface area contributed by atoms with Gasteiger partial charge in [-0.15, -0.1) is 13.2 Å². The van der Waals surface area contributed by atoms with Gasteiger partial charge in [-0.05, 0) is 153 Å². The number of urea groups is 1. The van der Waals surface area contributed by atoms with Crippen LogP contribution in [0, 0.1) is 5.92 Å². The van der Waals surface area contributed by atoms with Crippen LogP contribution in [0.3, 0.4) is 0 Å². The van der Waals surface area contributed by atoms with E-state index in [1.807, 2.05) is 10.2 Å². The summed E-state index contributed by atoms with van der Waals surface area (Å²) in [4.78, 5) is 140. The number of alkyl halides is 3. The number of halogens is 5. The summed E-state index contributed by atoms with van der Waals surface area (Å²) in [6.07, 6.45) is -24.2. The lowest BCUT2D eigenvalue weighted by Crippen LogP contribution is -2.65. The highest BCUT2D eigenvalue weighted by molar-refractivity contribution is 7.87. The largest absolute Gasteiger partial charge is 0.573 e. The molecule has 3 saturated heterocycles. The molecule has 3 fully saturated rings. The first kappa shape index (κ1) is 99.7. The van der Waals surface area contributed by atoms with Gasteiger partial charge in [-0.25, -0.2) is 20.1 Å². The van der Waals surface area contributed by atoms with Gasteiger partial charge >= 0.3 is 12.4 Å². The number of nitrogens with one attached hydrogen (secondary N) is 11. The van der Waals surface area contributed by atoms with E-state index in [0.29, 0.717) is 12.8 Å². The van der Waals surface area contributed by atoms with Crippen molar-refractivity contribution in [2.24, 2.45) is 16.8 Å². The van der Waals surface area contributed by atoms with Crippen LogP contribution in [-0.2, 0) is 72.4 Å². The molecule has 8 aliphatic rings. The number of nitrogens with zero attached hydrogens (tertiary/aromatic N) is 1. The number of piperidine rings is 1. The number of carbonyl (C=O) groups excluding carboxylic acids is 9. The molecule has 6 aromatic carbocycles. The monoisotopic (exact) mass is 1910 g/mol. The molecule has 8 heterocycles. The number of hydrogen-bond acceptors (Lipinski definition) is 31. The van der Waals surface area contributed by atoms with E-state index in [9.17, 15) is 86.7 Å². The lowest BCUT2D eigenvalue weighted by atomic mass is 9.85. The third-order valence-corrected chi connectivity index (χ3v) is 23.7. The molecule has 10 amide bonds. The van der Waals surface area contributed by atoms with Gasteiger partial charge in [0, 0.05) is 61.0 Å². The number of phenols is 3. The molecule has 49 heteroatoms. The summed E-state index contributed by atoms with van der Waals surface area (Å²) in [5, 5.41) is 134. The van der Waals surface area contributed by atoms with Crippen LogP contribution >= 0.6 is 23.2 Å². The van der Waals surface area contributed by atoms with Crippen molar-refractivity contribution >= 4 is 92.4 Å². The maximum Gasteiger partial charge on any atom is 0.573 e. The molecule has 8 aliphatic heterocycles. The molecule has 11 bridgehead atoms. The van der Waals surface area contributed by atoms with Crippen LogP contribution in [0.25, 0.3) is 11.1 Å². The Balaban J connectivity index is 0.958. The Morgan fingerprint density at radius 2 is 1.35 bits per heavy atom. The topological polar surface area (TPSA) is 641 Å². The molecule has 14 rings (SSSR count). The number of primary amides is 1. The molecule has 18 atom stereocenters. The van der Waals surface area contributed by atoms with Gasteiger partial charge < -0.3 is 142 Å². The van der Waals surface area contributed by atoms with Crippen molar-refractivity contribution in [1.29, 1.82) is 0 Å². The zero-order valence-electron chi connectivity index (χ0n) is 70.9. The molecule has 0 aromatic heterocycles. The summed E-state index contributed by atoms with van der Waals surface area (Å²) in [7, 11) is -2.86. The number of rotatable bonds is 25. The van der Waals surface area contributed by atoms with Gasteiger partial charge in [-0.3, -0.25) is 43.2 Å². The summed E-state index contributed by atoms with van der Waals surface area (Å²) < 4.78 is 113. The number of anilines is 1.